The fourth-order valence-corrected chi connectivity index (χ4v) is 2.40. The molecule has 0 saturated carbocycles. The molecular weight excluding hydrogens is 268 g/mol. The van der Waals surface area contributed by atoms with E-state index in [-0.39, 0.29) is 5.91 Å². The third-order valence-corrected chi connectivity index (χ3v) is 3.59. The number of rotatable bonds is 6. The Morgan fingerprint density at radius 3 is 2.76 bits per heavy atom. The molecule has 0 spiro atoms. The highest BCUT2D eigenvalue weighted by atomic mass is 16.6. The Balaban J connectivity index is 1.85. The monoisotopic (exact) mass is 292 g/mol. The number of ether oxygens (including phenoxy) is 2. The molecule has 0 saturated heterocycles. The average Bonchev–Trinajstić information content (AvgIpc) is 2.47. The Bertz CT molecular complexity index is 500. The van der Waals surface area contributed by atoms with Crippen molar-refractivity contribution in [3.63, 3.8) is 0 Å². The maximum Gasteiger partial charge on any atom is 0.239 e. The van der Waals surface area contributed by atoms with Gasteiger partial charge in [0, 0.05) is 6.54 Å². The summed E-state index contributed by atoms with van der Waals surface area (Å²) in [6.07, 6.45) is 2.32. The first kappa shape index (κ1) is 15.6. The van der Waals surface area contributed by atoms with Crippen LogP contribution in [0, 0.1) is 0 Å². The number of nitrogens with one attached hydrogen (secondary N) is 1. The van der Waals surface area contributed by atoms with Gasteiger partial charge in [-0.25, -0.2) is 0 Å². The van der Waals surface area contributed by atoms with Gasteiger partial charge >= 0.3 is 0 Å². The smallest absolute Gasteiger partial charge is 0.239 e. The lowest BCUT2D eigenvalue weighted by Crippen LogP contribution is -2.51. The summed E-state index contributed by atoms with van der Waals surface area (Å²) in [5.41, 5.74) is 6.31. The predicted octanol–water partition coefficient (Wildman–Crippen LogP) is 1.63. The van der Waals surface area contributed by atoms with Crippen molar-refractivity contribution in [1.29, 1.82) is 0 Å². The van der Waals surface area contributed by atoms with E-state index < -0.39 is 5.54 Å². The largest absolute Gasteiger partial charge is 0.486 e. The van der Waals surface area contributed by atoms with Crippen LogP contribution in [0.2, 0.25) is 0 Å². The van der Waals surface area contributed by atoms with Gasteiger partial charge in [0.2, 0.25) is 5.91 Å². The van der Waals surface area contributed by atoms with Gasteiger partial charge in [-0.3, -0.25) is 4.79 Å². The number of nitrogens with two attached hydrogens (primary N) is 1. The third-order valence-electron chi connectivity index (χ3n) is 3.59. The molecule has 1 aromatic rings. The Kier molecular flexibility index (Phi) is 5.07. The van der Waals surface area contributed by atoms with Gasteiger partial charge in [-0.2, -0.15) is 0 Å². The SMILES string of the molecule is CCCC(C)(N)C(=O)NCCc1ccc2c(c1)OCCO2. The zero-order chi connectivity index (χ0) is 15.3. The van der Waals surface area contributed by atoms with Crippen molar-refractivity contribution >= 4 is 5.91 Å². The first-order valence-electron chi connectivity index (χ1n) is 7.48. The molecule has 0 bridgehead atoms. The quantitative estimate of drug-likeness (QED) is 0.836. The maximum atomic E-state index is 12.0. The molecule has 1 heterocycles. The Labute approximate surface area is 125 Å². The van der Waals surface area contributed by atoms with Gasteiger partial charge in [0.05, 0.1) is 5.54 Å². The normalized spacial score (nSPS) is 16.1. The number of carbonyl (C=O) groups is 1. The number of fused-ring (bicyclic) bond motifs is 1. The van der Waals surface area contributed by atoms with Crippen molar-refractivity contribution in [2.45, 2.75) is 38.6 Å². The van der Waals surface area contributed by atoms with Crippen LogP contribution in [0.5, 0.6) is 11.5 Å². The molecule has 3 N–H and O–H groups in total. The molecule has 0 aliphatic carbocycles. The number of benzene rings is 1. The molecule has 1 amide bonds. The summed E-state index contributed by atoms with van der Waals surface area (Å²) in [4.78, 5) is 12.0. The second-order valence-corrected chi connectivity index (χ2v) is 5.65. The van der Waals surface area contributed by atoms with Crippen molar-refractivity contribution in [1.82, 2.24) is 5.32 Å². The molecule has 1 atom stereocenters. The van der Waals surface area contributed by atoms with Crippen LogP contribution in [0.3, 0.4) is 0 Å². The fourth-order valence-electron chi connectivity index (χ4n) is 2.40. The Morgan fingerprint density at radius 2 is 2.05 bits per heavy atom. The van der Waals surface area contributed by atoms with Crippen LogP contribution in [0.25, 0.3) is 0 Å². The molecule has 0 aromatic heterocycles. The van der Waals surface area contributed by atoms with Gasteiger partial charge in [0.25, 0.3) is 0 Å². The van der Waals surface area contributed by atoms with Gasteiger partial charge in [0.1, 0.15) is 13.2 Å². The number of amides is 1. The fraction of sp³-hybridized carbons (Fsp3) is 0.562. The lowest BCUT2D eigenvalue weighted by molar-refractivity contribution is -0.126. The molecule has 116 valence electrons. The van der Waals surface area contributed by atoms with Crippen molar-refractivity contribution in [3.8, 4) is 11.5 Å². The van der Waals surface area contributed by atoms with Gasteiger partial charge in [-0.1, -0.05) is 19.4 Å². The van der Waals surface area contributed by atoms with E-state index in [4.69, 9.17) is 15.2 Å². The summed E-state index contributed by atoms with van der Waals surface area (Å²) < 4.78 is 11.0. The van der Waals surface area contributed by atoms with Gasteiger partial charge < -0.3 is 20.5 Å². The third kappa shape index (κ3) is 4.11. The minimum Gasteiger partial charge on any atom is -0.486 e. The van der Waals surface area contributed by atoms with Crippen molar-refractivity contribution in [2.24, 2.45) is 5.73 Å². The van der Waals surface area contributed by atoms with E-state index in [0.717, 1.165) is 29.9 Å². The first-order valence-corrected chi connectivity index (χ1v) is 7.48. The lowest BCUT2D eigenvalue weighted by atomic mass is 9.96. The number of hydrogen-bond acceptors (Lipinski definition) is 4. The van der Waals surface area contributed by atoms with Crippen LogP contribution in [-0.4, -0.2) is 31.2 Å². The maximum absolute atomic E-state index is 12.0. The molecule has 0 radical (unpaired) electrons. The van der Waals surface area contributed by atoms with E-state index in [1.165, 1.54) is 0 Å². The molecule has 0 fully saturated rings. The minimum atomic E-state index is -0.790. The molecular formula is C16H24N2O3. The summed E-state index contributed by atoms with van der Waals surface area (Å²) in [7, 11) is 0. The number of hydrogen-bond donors (Lipinski definition) is 2. The standard InChI is InChI=1S/C16H24N2O3/c1-3-7-16(2,17)15(19)18-8-6-12-4-5-13-14(11-12)21-10-9-20-13/h4-5,11H,3,6-10,17H2,1-2H3,(H,18,19). The Morgan fingerprint density at radius 1 is 1.33 bits per heavy atom. The Hall–Kier alpha value is -1.75. The molecule has 2 rings (SSSR count). The molecule has 5 heteroatoms. The second-order valence-electron chi connectivity index (χ2n) is 5.65. The predicted molar refractivity (Wildman–Crippen MR) is 81.6 cm³/mol. The summed E-state index contributed by atoms with van der Waals surface area (Å²) in [6, 6.07) is 5.87. The van der Waals surface area contributed by atoms with Crippen molar-refractivity contribution in [3.05, 3.63) is 23.8 Å². The zero-order valence-corrected chi connectivity index (χ0v) is 12.8. The van der Waals surface area contributed by atoms with Crippen LogP contribution < -0.4 is 20.5 Å². The van der Waals surface area contributed by atoms with E-state index in [9.17, 15) is 4.79 Å². The summed E-state index contributed by atoms with van der Waals surface area (Å²) in [5, 5.41) is 2.90. The van der Waals surface area contributed by atoms with Crippen LogP contribution in [0.15, 0.2) is 18.2 Å². The second kappa shape index (κ2) is 6.80. The van der Waals surface area contributed by atoms with Crippen LogP contribution >= 0.6 is 0 Å². The van der Waals surface area contributed by atoms with Crippen LogP contribution in [-0.2, 0) is 11.2 Å². The van der Waals surface area contributed by atoms with E-state index in [1.807, 2.05) is 25.1 Å². The molecule has 21 heavy (non-hydrogen) atoms. The molecule has 1 unspecified atom stereocenters. The highest BCUT2D eigenvalue weighted by Gasteiger charge is 2.26. The minimum absolute atomic E-state index is 0.0955. The average molecular weight is 292 g/mol. The lowest BCUT2D eigenvalue weighted by Gasteiger charge is -2.23. The molecule has 1 aromatic carbocycles. The topological polar surface area (TPSA) is 73.6 Å². The van der Waals surface area contributed by atoms with Crippen LogP contribution in [0.1, 0.15) is 32.3 Å². The number of carbonyl (C=O) groups excluding carboxylic acids is 1. The van der Waals surface area contributed by atoms with Gasteiger partial charge in [-0.15, -0.1) is 0 Å². The van der Waals surface area contributed by atoms with Crippen molar-refractivity contribution < 1.29 is 14.3 Å². The van der Waals surface area contributed by atoms with Crippen molar-refractivity contribution in [2.75, 3.05) is 19.8 Å². The van der Waals surface area contributed by atoms with Gasteiger partial charge in [-0.05, 0) is 37.5 Å². The summed E-state index contributed by atoms with van der Waals surface area (Å²) in [6.45, 7) is 5.53. The van der Waals surface area contributed by atoms with E-state index in [2.05, 4.69) is 5.32 Å². The van der Waals surface area contributed by atoms with Crippen LogP contribution in [0.4, 0.5) is 0 Å². The molecule has 1 aliphatic heterocycles. The molecule has 1 aliphatic rings. The zero-order valence-electron chi connectivity index (χ0n) is 12.8. The highest BCUT2D eigenvalue weighted by Crippen LogP contribution is 2.30. The van der Waals surface area contributed by atoms with E-state index in [1.54, 1.807) is 6.92 Å². The van der Waals surface area contributed by atoms with Gasteiger partial charge in [0.15, 0.2) is 11.5 Å². The molecule has 5 nitrogen and oxygen atoms in total. The summed E-state index contributed by atoms with van der Waals surface area (Å²) >= 11 is 0. The highest BCUT2D eigenvalue weighted by molar-refractivity contribution is 5.85. The van der Waals surface area contributed by atoms with E-state index >= 15 is 0 Å². The first-order chi connectivity index (χ1) is 10.0. The summed E-state index contributed by atoms with van der Waals surface area (Å²) in [5.74, 6) is 1.47. The van der Waals surface area contributed by atoms with E-state index in [0.29, 0.717) is 26.2 Å².